The largest absolute Gasteiger partial charge is 0.370 e. The maximum Gasteiger partial charge on any atom is 0.265 e. The second-order valence-corrected chi connectivity index (χ2v) is 7.80. The Bertz CT molecular complexity index is 791. The molecule has 0 radical (unpaired) electrons. The van der Waals surface area contributed by atoms with E-state index in [0.29, 0.717) is 10.4 Å². The van der Waals surface area contributed by atoms with E-state index >= 15 is 0 Å². The summed E-state index contributed by atoms with van der Waals surface area (Å²) < 4.78 is 0. The Kier molecular flexibility index (Phi) is 4.93. The number of benzene rings is 1. The average Bonchev–Trinajstić information content (AvgIpc) is 3.44. The highest BCUT2D eigenvalue weighted by molar-refractivity contribution is 7.12. The first-order valence-electron chi connectivity index (χ1n) is 9.25. The van der Waals surface area contributed by atoms with E-state index in [4.69, 9.17) is 0 Å². The molecule has 0 aliphatic carbocycles. The van der Waals surface area contributed by atoms with Crippen LogP contribution in [0.5, 0.6) is 0 Å². The summed E-state index contributed by atoms with van der Waals surface area (Å²) in [4.78, 5) is 30.2. The second-order valence-electron chi connectivity index (χ2n) is 6.86. The summed E-state index contributed by atoms with van der Waals surface area (Å²) in [7, 11) is 0. The van der Waals surface area contributed by atoms with Crippen molar-refractivity contribution in [3.05, 3.63) is 46.2 Å². The van der Waals surface area contributed by atoms with Crippen molar-refractivity contribution < 1.29 is 9.59 Å². The maximum atomic E-state index is 12.7. The van der Waals surface area contributed by atoms with Crippen LogP contribution in [0.3, 0.4) is 0 Å². The van der Waals surface area contributed by atoms with Crippen LogP contribution in [0.2, 0.25) is 0 Å². The first-order chi connectivity index (χ1) is 12.7. The lowest BCUT2D eigenvalue weighted by Gasteiger charge is -2.23. The highest BCUT2D eigenvalue weighted by atomic mass is 32.1. The zero-order valence-electron chi connectivity index (χ0n) is 14.7. The van der Waals surface area contributed by atoms with E-state index in [1.165, 1.54) is 11.3 Å². The molecule has 2 aliphatic heterocycles. The van der Waals surface area contributed by atoms with Gasteiger partial charge in [-0.2, -0.15) is 0 Å². The van der Waals surface area contributed by atoms with Gasteiger partial charge in [0.05, 0.1) is 16.3 Å². The van der Waals surface area contributed by atoms with Gasteiger partial charge in [-0.25, -0.2) is 0 Å². The molecule has 3 heterocycles. The molecule has 1 N–H and O–H groups in total. The van der Waals surface area contributed by atoms with Crippen LogP contribution in [0.25, 0.3) is 0 Å². The molecular formula is C20H23N3O2S. The number of nitrogens with zero attached hydrogens (tertiary/aromatic N) is 2. The molecule has 2 aliphatic rings. The van der Waals surface area contributed by atoms with Gasteiger partial charge in [0.25, 0.3) is 11.8 Å². The van der Waals surface area contributed by atoms with E-state index in [9.17, 15) is 9.59 Å². The van der Waals surface area contributed by atoms with Crippen molar-refractivity contribution in [3.63, 3.8) is 0 Å². The third-order valence-electron chi connectivity index (χ3n) is 5.08. The van der Waals surface area contributed by atoms with Crippen LogP contribution in [-0.4, -0.2) is 42.9 Å². The Labute approximate surface area is 157 Å². The van der Waals surface area contributed by atoms with E-state index in [1.807, 2.05) is 40.6 Å². The summed E-state index contributed by atoms with van der Waals surface area (Å²) in [5.74, 6) is -0.0617. The lowest BCUT2D eigenvalue weighted by Crippen LogP contribution is -2.28. The van der Waals surface area contributed by atoms with E-state index in [-0.39, 0.29) is 11.8 Å². The summed E-state index contributed by atoms with van der Waals surface area (Å²) >= 11 is 1.42. The fourth-order valence-electron chi connectivity index (χ4n) is 3.70. The summed E-state index contributed by atoms with van der Waals surface area (Å²) in [5, 5.41) is 4.93. The molecule has 2 fully saturated rings. The Morgan fingerprint density at radius 3 is 2.38 bits per heavy atom. The van der Waals surface area contributed by atoms with Crippen molar-refractivity contribution >= 4 is 34.5 Å². The Balaban J connectivity index is 1.63. The number of likely N-dealkylation sites (tertiary alicyclic amines) is 1. The van der Waals surface area contributed by atoms with Crippen LogP contribution in [0.15, 0.2) is 35.7 Å². The second kappa shape index (κ2) is 7.50. The minimum absolute atomic E-state index is 0.0575. The van der Waals surface area contributed by atoms with Gasteiger partial charge in [-0.3, -0.25) is 9.59 Å². The summed E-state index contributed by atoms with van der Waals surface area (Å²) in [5.41, 5.74) is 2.39. The standard InChI is InChI=1S/C20H23N3O2S/c24-19(18-6-5-13-26-18)21-16-14-15(20(25)23-11-3-4-12-23)7-8-17(16)22-9-1-2-10-22/h5-8,13-14H,1-4,9-12H2,(H,21,24). The lowest BCUT2D eigenvalue weighted by atomic mass is 10.1. The monoisotopic (exact) mass is 369 g/mol. The van der Waals surface area contributed by atoms with Crippen molar-refractivity contribution in [1.29, 1.82) is 0 Å². The van der Waals surface area contributed by atoms with Gasteiger partial charge < -0.3 is 15.1 Å². The molecule has 4 rings (SSSR count). The minimum atomic E-state index is -0.119. The number of amides is 2. The number of carbonyl (C=O) groups is 2. The van der Waals surface area contributed by atoms with Crippen LogP contribution in [0, 0.1) is 0 Å². The first kappa shape index (κ1) is 17.1. The van der Waals surface area contributed by atoms with Gasteiger partial charge >= 0.3 is 0 Å². The Morgan fingerprint density at radius 2 is 1.69 bits per heavy atom. The smallest absolute Gasteiger partial charge is 0.265 e. The van der Waals surface area contributed by atoms with Crippen molar-refractivity contribution in [2.75, 3.05) is 36.4 Å². The van der Waals surface area contributed by atoms with E-state index < -0.39 is 0 Å². The van der Waals surface area contributed by atoms with Crippen molar-refractivity contribution in [3.8, 4) is 0 Å². The minimum Gasteiger partial charge on any atom is -0.370 e. The quantitative estimate of drug-likeness (QED) is 0.891. The molecule has 0 spiro atoms. The van der Waals surface area contributed by atoms with Crippen molar-refractivity contribution in [2.24, 2.45) is 0 Å². The van der Waals surface area contributed by atoms with Crippen LogP contribution in [-0.2, 0) is 0 Å². The first-order valence-corrected chi connectivity index (χ1v) is 10.1. The topological polar surface area (TPSA) is 52.7 Å². The van der Waals surface area contributed by atoms with E-state index in [0.717, 1.165) is 63.2 Å². The SMILES string of the molecule is O=C(Nc1cc(C(=O)N2CCCC2)ccc1N1CCCC1)c1cccs1. The molecule has 2 amide bonds. The van der Waals surface area contributed by atoms with Gasteiger partial charge in [0.1, 0.15) is 0 Å². The van der Waals surface area contributed by atoms with Gasteiger partial charge in [0.15, 0.2) is 0 Å². The van der Waals surface area contributed by atoms with Crippen LogP contribution in [0.4, 0.5) is 11.4 Å². The number of thiophene rings is 1. The normalized spacial score (nSPS) is 16.9. The van der Waals surface area contributed by atoms with Gasteiger partial charge in [-0.05, 0) is 55.3 Å². The van der Waals surface area contributed by atoms with E-state index in [2.05, 4.69) is 10.2 Å². The van der Waals surface area contributed by atoms with Crippen LogP contribution >= 0.6 is 11.3 Å². The molecule has 26 heavy (non-hydrogen) atoms. The molecule has 2 saturated heterocycles. The number of hydrogen-bond donors (Lipinski definition) is 1. The molecule has 1 aromatic heterocycles. The number of hydrogen-bond acceptors (Lipinski definition) is 4. The number of anilines is 2. The number of nitrogens with one attached hydrogen (secondary N) is 1. The molecule has 0 bridgehead atoms. The fourth-order valence-corrected chi connectivity index (χ4v) is 4.32. The summed E-state index contributed by atoms with van der Waals surface area (Å²) in [6, 6.07) is 9.41. The molecule has 5 nitrogen and oxygen atoms in total. The molecular weight excluding hydrogens is 346 g/mol. The summed E-state index contributed by atoms with van der Waals surface area (Å²) in [6.45, 7) is 3.62. The van der Waals surface area contributed by atoms with Crippen LogP contribution < -0.4 is 10.2 Å². The predicted octanol–water partition coefficient (Wildman–Crippen LogP) is 3.84. The molecule has 1 aromatic carbocycles. The van der Waals surface area contributed by atoms with E-state index in [1.54, 1.807) is 0 Å². The maximum absolute atomic E-state index is 12.7. The van der Waals surface area contributed by atoms with Crippen molar-refractivity contribution in [1.82, 2.24) is 4.90 Å². The van der Waals surface area contributed by atoms with Crippen molar-refractivity contribution in [2.45, 2.75) is 25.7 Å². The van der Waals surface area contributed by atoms with Gasteiger partial charge in [-0.15, -0.1) is 11.3 Å². The van der Waals surface area contributed by atoms with Gasteiger partial charge in [0.2, 0.25) is 0 Å². The molecule has 0 saturated carbocycles. The highest BCUT2D eigenvalue weighted by Gasteiger charge is 2.23. The third kappa shape index (κ3) is 3.46. The number of carbonyl (C=O) groups excluding carboxylic acids is 2. The Morgan fingerprint density at radius 1 is 0.962 bits per heavy atom. The van der Waals surface area contributed by atoms with Gasteiger partial charge in [0, 0.05) is 31.7 Å². The van der Waals surface area contributed by atoms with Gasteiger partial charge in [-0.1, -0.05) is 6.07 Å². The highest BCUT2D eigenvalue weighted by Crippen LogP contribution is 2.31. The fraction of sp³-hybridized carbons (Fsp3) is 0.400. The number of rotatable bonds is 4. The van der Waals surface area contributed by atoms with Crippen LogP contribution in [0.1, 0.15) is 45.7 Å². The molecule has 2 aromatic rings. The zero-order valence-corrected chi connectivity index (χ0v) is 15.6. The molecule has 6 heteroatoms. The average molecular weight is 369 g/mol. The molecule has 136 valence electrons. The third-order valence-corrected chi connectivity index (χ3v) is 5.95. The Hall–Kier alpha value is -2.34. The molecule has 0 atom stereocenters. The molecule has 0 unspecified atom stereocenters. The zero-order chi connectivity index (χ0) is 17.9. The predicted molar refractivity (Wildman–Crippen MR) is 105 cm³/mol. The summed E-state index contributed by atoms with van der Waals surface area (Å²) in [6.07, 6.45) is 4.46. The lowest BCUT2D eigenvalue weighted by molar-refractivity contribution is 0.0792.